The first-order chi connectivity index (χ1) is 14.4. The van der Waals surface area contributed by atoms with Gasteiger partial charge in [-0.2, -0.15) is 0 Å². The lowest BCUT2D eigenvalue weighted by atomic mass is 9.69. The fourth-order valence-electron chi connectivity index (χ4n) is 5.13. The summed E-state index contributed by atoms with van der Waals surface area (Å²) < 4.78 is 13.2. The zero-order valence-electron chi connectivity index (χ0n) is 18.1. The molecule has 2 aliphatic heterocycles. The molecule has 2 heterocycles. The van der Waals surface area contributed by atoms with Gasteiger partial charge in [0.25, 0.3) is 0 Å². The minimum atomic E-state index is -0.938. The number of carbonyl (C=O) groups is 1. The third-order valence-electron chi connectivity index (χ3n) is 6.80. The van der Waals surface area contributed by atoms with Gasteiger partial charge in [0.2, 0.25) is 0 Å². The highest BCUT2D eigenvalue weighted by molar-refractivity contribution is 5.88. The molecule has 2 aromatic carbocycles. The second-order valence-electron chi connectivity index (χ2n) is 9.21. The van der Waals surface area contributed by atoms with Crippen LogP contribution in [0, 0.1) is 5.92 Å². The quantitative estimate of drug-likeness (QED) is 0.565. The maximum Gasteiger partial charge on any atom is 0.335 e. The lowest BCUT2D eigenvalue weighted by Gasteiger charge is -2.51. The predicted octanol–water partition coefficient (Wildman–Crippen LogP) is 6.37. The molecule has 4 heteroatoms. The lowest BCUT2D eigenvalue weighted by molar-refractivity contribution is -0.160. The molecule has 0 aromatic heterocycles. The van der Waals surface area contributed by atoms with E-state index in [1.165, 1.54) is 18.4 Å². The highest BCUT2D eigenvalue weighted by Gasteiger charge is 2.50. The van der Waals surface area contributed by atoms with Crippen molar-refractivity contribution in [3.05, 3.63) is 65.2 Å². The first-order valence-electron chi connectivity index (χ1n) is 11.2. The maximum absolute atomic E-state index is 11.4. The molecule has 4 atom stereocenters. The molecule has 4 rings (SSSR count). The Labute approximate surface area is 179 Å². The number of unbranched alkanes of at least 4 members (excludes halogenated alkanes) is 2. The first-order valence-corrected chi connectivity index (χ1v) is 11.2. The molecule has 0 amide bonds. The Hall–Kier alpha value is -2.33. The van der Waals surface area contributed by atoms with Crippen molar-refractivity contribution in [1.29, 1.82) is 0 Å². The summed E-state index contributed by atoms with van der Waals surface area (Å²) in [4.78, 5) is 11.4. The fourth-order valence-corrected chi connectivity index (χ4v) is 5.13. The van der Waals surface area contributed by atoms with Crippen LogP contribution in [0.1, 0.15) is 86.4 Å². The number of carboxylic acid groups (broad SMARTS) is 1. The van der Waals surface area contributed by atoms with Gasteiger partial charge >= 0.3 is 5.97 Å². The lowest BCUT2D eigenvalue weighted by Crippen LogP contribution is -2.50. The molecule has 0 spiro atoms. The van der Waals surface area contributed by atoms with E-state index in [2.05, 4.69) is 51.1 Å². The van der Waals surface area contributed by atoms with Crippen molar-refractivity contribution in [1.82, 2.24) is 0 Å². The largest absolute Gasteiger partial charge is 0.487 e. The van der Waals surface area contributed by atoms with Gasteiger partial charge in [0.15, 0.2) is 0 Å². The molecule has 0 unspecified atom stereocenters. The third kappa shape index (κ3) is 3.98. The summed E-state index contributed by atoms with van der Waals surface area (Å²) in [5.41, 5.74) is 2.13. The first kappa shape index (κ1) is 20.9. The van der Waals surface area contributed by atoms with Crippen LogP contribution in [0.25, 0.3) is 0 Å². The van der Waals surface area contributed by atoms with E-state index in [0.29, 0.717) is 11.7 Å². The number of hydrogen-bond donors (Lipinski definition) is 1. The second kappa shape index (κ2) is 8.43. The smallest absolute Gasteiger partial charge is 0.335 e. The van der Waals surface area contributed by atoms with Crippen LogP contribution in [0.15, 0.2) is 48.5 Å². The summed E-state index contributed by atoms with van der Waals surface area (Å²) in [6.45, 7) is 6.43. The van der Waals surface area contributed by atoms with Crippen LogP contribution in [-0.2, 0) is 4.74 Å². The van der Waals surface area contributed by atoms with Crippen LogP contribution in [0.4, 0.5) is 0 Å². The molecule has 0 bridgehead atoms. The van der Waals surface area contributed by atoms with Gasteiger partial charge in [0.05, 0.1) is 17.8 Å². The monoisotopic (exact) mass is 408 g/mol. The topological polar surface area (TPSA) is 55.8 Å². The van der Waals surface area contributed by atoms with Gasteiger partial charge in [-0.15, -0.1) is 0 Å². The molecule has 4 nitrogen and oxygen atoms in total. The highest BCUT2D eigenvalue weighted by Crippen LogP contribution is 2.54. The number of benzene rings is 2. The van der Waals surface area contributed by atoms with E-state index in [4.69, 9.17) is 9.47 Å². The van der Waals surface area contributed by atoms with Crippen molar-refractivity contribution in [3.8, 4) is 5.75 Å². The van der Waals surface area contributed by atoms with Crippen molar-refractivity contribution in [3.63, 3.8) is 0 Å². The van der Waals surface area contributed by atoms with Crippen molar-refractivity contribution >= 4 is 5.97 Å². The van der Waals surface area contributed by atoms with Gasteiger partial charge in [-0.1, -0.05) is 62.6 Å². The predicted molar refractivity (Wildman–Crippen MR) is 117 cm³/mol. The van der Waals surface area contributed by atoms with Crippen molar-refractivity contribution in [2.45, 2.75) is 76.6 Å². The Morgan fingerprint density at radius 2 is 1.90 bits per heavy atom. The second-order valence-corrected chi connectivity index (χ2v) is 9.21. The number of rotatable bonds is 6. The van der Waals surface area contributed by atoms with Gasteiger partial charge in [-0.05, 0) is 44.4 Å². The number of hydrogen-bond acceptors (Lipinski definition) is 3. The van der Waals surface area contributed by atoms with E-state index >= 15 is 0 Å². The molecule has 2 aromatic rings. The molecular formula is C26H32O4. The summed E-state index contributed by atoms with van der Waals surface area (Å²) in [5, 5.41) is 9.39. The van der Waals surface area contributed by atoms with E-state index in [1.807, 2.05) is 6.07 Å². The Morgan fingerprint density at radius 3 is 2.60 bits per heavy atom. The van der Waals surface area contributed by atoms with Crippen LogP contribution in [-0.4, -0.2) is 22.8 Å². The summed E-state index contributed by atoms with van der Waals surface area (Å²) >= 11 is 0. The van der Waals surface area contributed by atoms with Crippen molar-refractivity contribution < 1.29 is 19.4 Å². The molecule has 2 aliphatic rings. The van der Waals surface area contributed by atoms with Gasteiger partial charge < -0.3 is 14.6 Å². The van der Waals surface area contributed by atoms with E-state index in [9.17, 15) is 9.90 Å². The maximum atomic E-state index is 11.4. The summed E-state index contributed by atoms with van der Waals surface area (Å²) in [5.74, 6) is 0.249. The minimum absolute atomic E-state index is 0.0711. The van der Waals surface area contributed by atoms with E-state index < -0.39 is 11.6 Å². The molecule has 0 saturated carbocycles. The fraction of sp³-hybridized carbons (Fsp3) is 0.500. The highest BCUT2D eigenvalue weighted by atomic mass is 16.5. The third-order valence-corrected chi connectivity index (χ3v) is 6.80. The summed E-state index contributed by atoms with van der Waals surface area (Å²) in [7, 11) is 0. The van der Waals surface area contributed by atoms with Crippen molar-refractivity contribution in [2.75, 3.05) is 0 Å². The average Bonchev–Trinajstić information content (AvgIpc) is 2.73. The SMILES string of the molecule is CCCCC[C@@H]1O[C@@H]2c3ccc(C(=O)O)cc3OC(C)(C)[C@H]2C[C@@H]1c1ccccc1. The van der Waals surface area contributed by atoms with Crippen LogP contribution >= 0.6 is 0 Å². The zero-order chi connectivity index (χ0) is 21.3. The van der Waals surface area contributed by atoms with E-state index in [1.54, 1.807) is 12.1 Å². The molecule has 1 N–H and O–H groups in total. The van der Waals surface area contributed by atoms with Crippen molar-refractivity contribution in [2.24, 2.45) is 5.92 Å². The van der Waals surface area contributed by atoms with Gasteiger partial charge in [-0.25, -0.2) is 4.79 Å². The summed E-state index contributed by atoms with van der Waals surface area (Å²) in [6.07, 6.45) is 5.68. The number of fused-ring (bicyclic) bond motifs is 3. The number of ether oxygens (including phenoxy) is 2. The Kier molecular flexibility index (Phi) is 5.88. The summed E-state index contributed by atoms with van der Waals surface area (Å²) in [6, 6.07) is 15.9. The molecule has 0 aliphatic carbocycles. The number of carboxylic acids is 1. The Balaban J connectivity index is 1.69. The molecule has 1 fully saturated rings. The van der Waals surface area contributed by atoms with Crippen LogP contribution < -0.4 is 4.74 Å². The van der Waals surface area contributed by atoms with Gasteiger partial charge in [0.1, 0.15) is 11.4 Å². The zero-order valence-corrected chi connectivity index (χ0v) is 18.1. The van der Waals surface area contributed by atoms with Crippen LogP contribution in [0.3, 0.4) is 0 Å². The van der Waals surface area contributed by atoms with Gasteiger partial charge in [-0.3, -0.25) is 0 Å². The Morgan fingerprint density at radius 1 is 1.13 bits per heavy atom. The van der Waals surface area contributed by atoms with E-state index in [-0.39, 0.29) is 23.7 Å². The minimum Gasteiger partial charge on any atom is -0.487 e. The Bertz CT molecular complexity index is 889. The van der Waals surface area contributed by atoms with Crippen LogP contribution in [0.5, 0.6) is 5.75 Å². The van der Waals surface area contributed by atoms with E-state index in [0.717, 1.165) is 24.8 Å². The molecular weight excluding hydrogens is 376 g/mol. The average molecular weight is 409 g/mol. The number of aromatic carboxylic acids is 1. The normalized spacial score (nSPS) is 26.9. The molecule has 30 heavy (non-hydrogen) atoms. The molecule has 1 saturated heterocycles. The molecule has 0 radical (unpaired) electrons. The van der Waals surface area contributed by atoms with Gasteiger partial charge in [0, 0.05) is 17.4 Å². The molecule has 160 valence electrons. The standard InChI is InChI=1S/C26H32O4/c1-4-5-7-12-22-20(17-10-8-6-9-11-17)16-21-24(29-22)19-14-13-18(25(27)28)15-23(19)30-26(21,2)3/h6,8-11,13-15,20-22,24H,4-5,7,12,16H2,1-3H3,(H,27,28)/t20-,21+,22+,24-/m1/s1. The van der Waals surface area contributed by atoms with Crippen LogP contribution in [0.2, 0.25) is 0 Å².